The summed E-state index contributed by atoms with van der Waals surface area (Å²) in [5, 5.41) is 4.21. The maximum Gasteiger partial charge on any atom is 0.317 e. The average molecular weight is 372 g/mol. The van der Waals surface area contributed by atoms with Crippen molar-refractivity contribution in [3.63, 3.8) is 0 Å². The van der Waals surface area contributed by atoms with E-state index in [1.807, 2.05) is 36.9 Å². The number of para-hydroxylation sites is 1. The van der Waals surface area contributed by atoms with Crippen molar-refractivity contribution < 1.29 is 18.7 Å². The van der Waals surface area contributed by atoms with Crippen LogP contribution in [-0.2, 0) is 15.9 Å². The molecule has 2 fully saturated rings. The second-order valence-corrected chi connectivity index (χ2v) is 7.72. The Bertz CT molecular complexity index is 810. The van der Waals surface area contributed by atoms with Gasteiger partial charge in [0.05, 0.1) is 18.2 Å². The molecule has 27 heavy (non-hydrogen) atoms. The number of urea groups is 1. The summed E-state index contributed by atoms with van der Waals surface area (Å²) in [5.74, 6) is 0.923. The van der Waals surface area contributed by atoms with Gasteiger partial charge in [0.2, 0.25) is 0 Å². The molecule has 0 saturated carbocycles. The maximum absolute atomic E-state index is 12.8. The molecule has 1 spiro atoms. The minimum atomic E-state index is -0.245. The Morgan fingerprint density at radius 2 is 2.07 bits per heavy atom. The van der Waals surface area contributed by atoms with Crippen molar-refractivity contribution in [3.8, 4) is 0 Å². The fraction of sp³-hybridized carbons (Fsp3) is 0.571. The van der Waals surface area contributed by atoms with Crippen molar-refractivity contribution in [2.45, 2.75) is 44.8 Å². The quantitative estimate of drug-likeness (QED) is 0.898. The molecule has 2 amide bonds. The predicted molar refractivity (Wildman–Crippen MR) is 103 cm³/mol. The van der Waals surface area contributed by atoms with Crippen LogP contribution >= 0.6 is 0 Å². The molecule has 2 aromatic rings. The molecule has 0 radical (unpaired) electrons. The van der Waals surface area contributed by atoms with Gasteiger partial charge in [0.25, 0.3) is 0 Å². The van der Waals surface area contributed by atoms with Crippen molar-refractivity contribution in [3.05, 3.63) is 35.6 Å². The molecule has 1 aromatic heterocycles. The average Bonchev–Trinajstić information content (AvgIpc) is 2.97. The van der Waals surface area contributed by atoms with Gasteiger partial charge in [0, 0.05) is 50.1 Å². The van der Waals surface area contributed by atoms with Gasteiger partial charge < -0.3 is 24.1 Å². The molecular weight excluding hydrogens is 344 g/mol. The molecule has 1 unspecified atom stereocenters. The molecule has 2 aliphatic rings. The van der Waals surface area contributed by atoms with Crippen molar-refractivity contribution in [1.82, 2.24) is 10.2 Å². The van der Waals surface area contributed by atoms with Crippen LogP contribution in [0, 0.1) is 6.92 Å². The molecular formula is C21H28N2O4. The van der Waals surface area contributed by atoms with E-state index < -0.39 is 0 Å². The lowest BCUT2D eigenvalue weighted by molar-refractivity contribution is -0.175. The number of hydrogen-bond donors (Lipinski definition) is 1. The van der Waals surface area contributed by atoms with Gasteiger partial charge in [-0.3, -0.25) is 0 Å². The van der Waals surface area contributed by atoms with Gasteiger partial charge >= 0.3 is 6.03 Å². The molecule has 0 aliphatic carbocycles. The summed E-state index contributed by atoms with van der Waals surface area (Å²) in [6.45, 7) is 7.28. The largest absolute Gasteiger partial charge is 0.461 e. The highest BCUT2D eigenvalue weighted by molar-refractivity contribution is 5.82. The Balaban J connectivity index is 1.36. The maximum atomic E-state index is 12.8. The zero-order valence-electron chi connectivity index (χ0n) is 16.1. The highest BCUT2D eigenvalue weighted by atomic mass is 16.5. The smallest absolute Gasteiger partial charge is 0.317 e. The monoisotopic (exact) mass is 372 g/mol. The number of nitrogens with one attached hydrogen (secondary N) is 1. The van der Waals surface area contributed by atoms with Gasteiger partial charge in [0.1, 0.15) is 11.3 Å². The third kappa shape index (κ3) is 3.82. The second kappa shape index (κ2) is 7.52. The first kappa shape index (κ1) is 18.3. The molecule has 2 saturated heterocycles. The van der Waals surface area contributed by atoms with Gasteiger partial charge in [-0.2, -0.15) is 0 Å². The van der Waals surface area contributed by atoms with Crippen molar-refractivity contribution in [1.29, 1.82) is 0 Å². The van der Waals surface area contributed by atoms with Crippen LogP contribution in [0.5, 0.6) is 0 Å². The summed E-state index contributed by atoms with van der Waals surface area (Å²) in [7, 11) is 0. The van der Waals surface area contributed by atoms with Crippen molar-refractivity contribution >= 4 is 17.0 Å². The standard InChI is InChI=1S/C21H28N2O4/c1-15-13-23(14-21(27-15)8-11-25-12-9-21)20(24)22-10-7-17-16(2)26-19-6-4-3-5-18(17)19/h3-6,15H,7-14H2,1-2H3,(H,22,24). The van der Waals surface area contributed by atoms with Gasteiger partial charge in [-0.05, 0) is 26.3 Å². The van der Waals surface area contributed by atoms with E-state index in [0.29, 0.717) is 32.8 Å². The van der Waals surface area contributed by atoms with E-state index in [-0.39, 0.29) is 17.7 Å². The van der Waals surface area contributed by atoms with Crippen LogP contribution < -0.4 is 5.32 Å². The van der Waals surface area contributed by atoms with Gasteiger partial charge in [-0.1, -0.05) is 18.2 Å². The van der Waals surface area contributed by atoms with E-state index in [4.69, 9.17) is 13.9 Å². The number of amides is 2. The zero-order chi connectivity index (χ0) is 18.9. The Labute approximate surface area is 159 Å². The van der Waals surface area contributed by atoms with Crippen LogP contribution in [0.25, 0.3) is 11.0 Å². The first-order valence-corrected chi connectivity index (χ1v) is 9.82. The highest BCUT2D eigenvalue weighted by Gasteiger charge is 2.42. The minimum Gasteiger partial charge on any atom is -0.461 e. The van der Waals surface area contributed by atoms with E-state index in [2.05, 4.69) is 11.4 Å². The van der Waals surface area contributed by atoms with Crippen LogP contribution in [-0.4, -0.2) is 55.5 Å². The number of morpholine rings is 1. The lowest BCUT2D eigenvalue weighted by Gasteiger charge is -2.47. The molecule has 1 N–H and O–H groups in total. The SMILES string of the molecule is Cc1oc2ccccc2c1CCNC(=O)N1CC(C)OC2(CCOCC2)C1. The number of carbonyl (C=O) groups excluding carboxylic acids is 1. The van der Waals surface area contributed by atoms with E-state index >= 15 is 0 Å². The van der Waals surface area contributed by atoms with Gasteiger partial charge in [-0.15, -0.1) is 0 Å². The molecule has 1 aromatic carbocycles. The van der Waals surface area contributed by atoms with Crippen molar-refractivity contribution in [2.24, 2.45) is 0 Å². The van der Waals surface area contributed by atoms with Crippen LogP contribution in [0.1, 0.15) is 31.1 Å². The van der Waals surface area contributed by atoms with E-state index in [0.717, 1.165) is 36.0 Å². The Morgan fingerprint density at radius 3 is 2.89 bits per heavy atom. The molecule has 0 bridgehead atoms. The number of hydrogen-bond acceptors (Lipinski definition) is 4. The van der Waals surface area contributed by atoms with E-state index in [9.17, 15) is 4.79 Å². The number of benzene rings is 1. The Kier molecular flexibility index (Phi) is 5.10. The topological polar surface area (TPSA) is 63.9 Å². The van der Waals surface area contributed by atoms with E-state index in [1.54, 1.807) is 0 Å². The van der Waals surface area contributed by atoms with E-state index in [1.165, 1.54) is 5.56 Å². The first-order chi connectivity index (χ1) is 13.1. The third-order valence-electron chi connectivity index (χ3n) is 5.65. The van der Waals surface area contributed by atoms with Crippen LogP contribution in [0.15, 0.2) is 28.7 Å². The summed E-state index contributed by atoms with van der Waals surface area (Å²) in [4.78, 5) is 14.7. The first-order valence-electron chi connectivity index (χ1n) is 9.82. The number of ether oxygens (including phenoxy) is 2. The number of aryl methyl sites for hydroxylation is 1. The molecule has 3 heterocycles. The summed E-state index contributed by atoms with van der Waals surface area (Å²) in [5.41, 5.74) is 1.83. The lowest BCUT2D eigenvalue weighted by atomic mass is 9.91. The molecule has 6 nitrogen and oxygen atoms in total. The Hall–Kier alpha value is -2.05. The van der Waals surface area contributed by atoms with Crippen LogP contribution in [0.4, 0.5) is 4.79 Å². The fourth-order valence-corrected chi connectivity index (χ4v) is 4.34. The molecule has 4 rings (SSSR count). The zero-order valence-corrected chi connectivity index (χ0v) is 16.1. The predicted octanol–water partition coefficient (Wildman–Crippen LogP) is 3.26. The lowest BCUT2D eigenvalue weighted by Crippen LogP contribution is -2.60. The van der Waals surface area contributed by atoms with Gasteiger partial charge in [0.15, 0.2) is 0 Å². The Morgan fingerprint density at radius 1 is 1.30 bits per heavy atom. The number of carbonyl (C=O) groups is 1. The number of fused-ring (bicyclic) bond motifs is 1. The summed E-state index contributed by atoms with van der Waals surface area (Å²) >= 11 is 0. The van der Waals surface area contributed by atoms with Gasteiger partial charge in [-0.25, -0.2) is 4.79 Å². The fourth-order valence-electron chi connectivity index (χ4n) is 4.34. The molecule has 2 aliphatic heterocycles. The molecule has 146 valence electrons. The summed E-state index contributed by atoms with van der Waals surface area (Å²) in [6, 6.07) is 8.03. The van der Waals surface area contributed by atoms with Crippen LogP contribution in [0.2, 0.25) is 0 Å². The molecule has 1 atom stereocenters. The second-order valence-electron chi connectivity index (χ2n) is 7.72. The normalized spacial score (nSPS) is 22.3. The van der Waals surface area contributed by atoms with Crippen molar-refractivity contribution in [2.75, 3.05) is 32.8 Å². The highest BCUT2D eigenvalue weighted by Crippen LogP contribution is 2.31. The summed E-state index contributed by atoms with van der Waals surface area (Å²) in [6.07, 6.45) is 2.50. The third-order valence-corrected chi connectivity index (χ3v) is 5.65. The minimum absolute atomic E-state index is 0.0125. The summed E-state index contributed by atoms with van der Waals surface area (Å²) < 4.78 is 17.5. The number of furan rings is 1. The molecule has 6 heteroatoms. The number of rotatable bonds is 3. The van der Waals surface area contributed by atoms with Crippen LogP contribution in [0.3, 0.4) is 0 Å². The number of nitrogens with zero attached hydrogens (tertiary/aromatic N) is 1.